The number of likely N-dealkylation sites (tertiary alicyclic amines) is 1. The standard InChI is InChI=1S/C24H24Cl2N2O2/c1-14-5-4-10-27(13-14)22-21(17-7-6-15(2)16(3)11-17)23(29)28(24(22)30)20-12-18(25)8-9-19(20)26/h6-9,11-12,14H,4-5,10,13H2,1-3H3. The van der Waals surface area contributed by atoms with Crippen molar-refractivity contribution in [2.75, 3.05) is 18.0 Å². The lowest BCUT2D eigenvalue weighted by Crippen LogP contribution is -2.39. The van der Waals surface area contributed by atoms with E-state index >= 15 is 0 Å². The molecule has 0 radical (unpaired) electrons. The molecule has 0 spiro atoms. The average Bonchev–Trinajstić information content (AvgIpc) is 2.96. The SMILES string of the molecule is Cc1ccc(C2=C(N3CCCC(C)C3)C(=O)N(c3cc(Cl)ccc3Cl)C2=O)cc1C. The highest BCUT2D eigenvalue weighted by atomic mass is 35.5. The molecule has 0 aliphatic carbocycles. The first-order valence-electron chi connectivity index (χ1n) is 10.2. The monoisotopic (exact) mass is 442 g/mol. The molecule has 2 aromatic rings. The van der Waals surface area contributed by atoms with Gasteiger partial charge in [0.05, 0.1) is 16.3 Å². The predicted octanol–water partition coefficient (Wildman–Crippen LogP) is 5.63. The molecule has 0 saturated carbocycles. The Morgan fingerprint density at radius 2 is 1.73 bits per heavy atom. The Hall–Kier alpha value is -2.30. The maximum absolute atomic E-state index is 13.6. The molecule has 4 rings (SSSR count). The maximum Gasteiger partial charge on any atom is 0.282 e. The second kappa shape index (κ2) is 8.09. The zero-order valence-corrected chi connectivity index (χ0v) is 18.8. The van der Waals surface area contributed by atoms with Crippen LogP contribution in [0.1, 0.15) is 36.5 Å². The molecule has 2 heterocycles. The summed E-state index contributed by atoms with van der Waals surface area (Å²) in [4.78, 5) is 30.5. The Balaban J connectivity index is 1.88. The number of nitrogens with zero attached hydrogens (tertiary/aromatic N) is 2. The summed E-state index contributed by atoms with van der Waals surface area (Å²) >= 11 is 12.5. The molecule has 4 nitrogen and oxygen atoms in total. The first-order valence-corrected chi connectivity index (χ1v) is 10.9. The quantitative estimate of drug-likeness (QED) is 0.578. The molecule has 156 valence electrons. The summed E-state index contributed by atoms with van der Waals surface area (Å²) in [6.45, 7) is 7.72. The molecule has 2 aliphatic rings. The van der Waals surface area contributed by atoms with Gasteiger partial charge in [0.1, 0.15) is 5.70 Å². The van der Waals surface area contributed by atoms with Crippen molar-refractivity contribution in [2.24, 2.45) is 5.92 Å². The van der Waals surface area contributed by atoms with Crippen LogP contribution in [0.5, 0.6) is 0 Å². The number of aryl methyl sites for hydroxylation is 2. The number of benzene rings is 2. The number of rotatable bonds is 3. The Morgan fingerprint density at radius 3 is 2.43 bits per heavy atom. The maximum atomic E-state index is 13.6. The molecule has 1 atom stereocenters. The second-order valence-corrected chi connectivity index (χ2v) is 9.10. The van der Waals surface area contributed by atoms with Crippen molar-refractivity contribution in [3.05, 3.63) is 68.8 Å². The highest BCUT2D eigenvalue weighted by molar-refractivity contribution is 6.47. The first kappa shape index (κ1) is 21.0. The van der Waals surface area contributed by atoms with E-state index in [1.54, 1.807) is 18.2 Å². The Morgan fingerprint density at radius 1 is 0.967 bits per heavy atom. The van der Waals surface area contributed by atoms with Crippen molar-refractivity contribution >= 4 is 46.3 Å². The van der Waals surface area contributed by atoms with Crippen LogP contribution in [0.2, 0.25) is 10.0 Å². The van der Waals surface area contributed by atoms with Crippen molar-refractivity contribution in [1.29, 1.82) is 0 Å². The number of piperidine rings is 1. The van der Waals surface area contributed by atoms with E-state index in [0.717, 1.165) is 42.6 Å². The normalized spacial score (nSPS) is 19.8. The van der Waals surface area contributed by atoms with Crippen molar-refractivity contribution in [3.8, 4) is 0 Å². The predicted molar refractivity (Wildman–Crippen MR) is 122 cm³/mol. The van der Waals surface area contributed by atoms with Gasteiger partial charge >= 0.3 is 0 Å². The van der Waals surface area contributed by atoms with Gasteiger partial charge in [-0.3, -0.25) is 9.59 Å². The summed E-state index contributed by atoms with van der Waals surface area (Å²) in [6.07, 6.45) is 2.11. The van der Waals surface area contributed by atoms with Gasteiger partial charge in [0, 0.05) is 18.1 Å². The van der Waals surface area contributed by atoms with Crippen molar-refractivity contribution in [1.82, 2.24) is 4.90 Å². The van der Waals surface area contributed by atoms with Crippen LogP contribution in [-0.2, 0) is 9.59 Å². The third-order valence-corrected chi connectivity index (χ3v) is 6.53. The minimum Gasteiger partial charge on any atom is -0.366 e. The van der Waals surface area contributed by atoms with Gasteiger partial charge in [0.25, 0.3) is 11.8 Å². The highest BCUT2D eigenvalue weighted by Gasteiger charge is 2.43. The molecule has 2 aromatic carbocycles. The molecule has 6 heteroatoms. The number of amides is 2. The Labute approximate surface area is 187 Å². The van der Waals surface area contributed by atoms with Crippen LogP contribution in [0.4, 0.5) is 5.69 Å². The fourth-order valence-corrected chi connectivity index (χ4v) is 4.61. The van der Waals surface area contributed by atoms with Crippen molar-refractivity contribution in [3.63, 3.8) is 0 Å². The number of hydrogen-bond acceptors (Lipinski definition) is 3. The summed E-state index contributed by atoms with van der Waals surface area (Å²) < 4.78 is 0. The van der Waals surface area contributed by atoms with Gasteiger partial charge in [-0.05, 0) is 67.5 Å². The zero-order chi connectivity index (χ0) is 21.6. The fourth-order valence-electron chi connectivity index (χ4n) is 4.24. The zero-order valence-electron chi connectivity index (χ0n) is 17.3. The Kier molecular flexibility index (Phi) is 5.65. The second-order valence-electron chi connectivity index (χ2n) is 8.26. The fraction of sp³-hybridized carbons (Fsp3) is 0.333. The van der Waals surface area contributed by atoms with Gasteiger partial charge in [-0.15, -0.1) is 0 Å². The van der Waals surface area contributed by atoms with E-state index in [0.29, 0.717) is 32.9 Å². The van der Waals surface area contributed by atoms with E-state index in [1.807, 2.05) is 32.0 Å². The molecule has 0 bridgehead atoms. The molecule has 1 saturated heterocycles. The van der Waals surface area contributed by atoms with Gasteiger partial charge in [-0.2, -0.15) is 0 Å². The third-order valence-electron chi connectivity index (χ3n) is 5.98. The van der Waals surface area contributed by atoms with Crippen LogP contribution >= 0.6 is 23.2 Å². The minimum atomic E-state index is -0.361. The largest absolute Gasteiger partial charge is 0.366 e. The lowest BCUT2D eigenvalue weighted by Gasteiger charge is -2.33. The lowest BCUT2D eigenvalue weighted by molar-refractivity contribution is -0.120. The van der Waals surface area contributed by atoms with Crippen molar-refractivity contribution < 1.29 is 9.59 Å². The molecule has 1 fully saturated rings. The highest BCUT2D eigenvalue weighted by Crippen LogP contribution is 2.40. The topological polar surface area (TPSA) is 40.6 Å². The van der Waals surface area contributed by atoms with Gasteiger partial charge in [0.2, 0.25) is 0 Å². The van der Waals surface area contributed by atoms with Crippen LogP contribution < -0.4 is 4.90 Å². The van der Waals surface area contributed by atoms with Gasteiger partial charge in [-0.1, -0.05) is 48.3 Å². The van der Waals surface area contributed by atoms with Gasteiger partial charge in [-0.25, -0.2) is 4.90 Å². The van der Waals surface area contributed by atoms with Crippen LogP contribution in [-0.4, -0.2) is 29.8 Å². The molecule has 1 unspecified atom stereocenters. The molecule has 0 aromatic heterocycles. The summed E-state index contributed by atoms with van der Waals surface area (Å²) in [7, 11) is 0. The minimum absolute atomic E-state index is 0.314. The Bertz CT molecular complexity index is 1080. The molecule has 0 N–H and O–H groups in total. The number of hydrogen-bond donors (Lipinski definition) is 0. The van der Waals surface area contributed by atoms with Crippen LogP contribution in [0.3, 0.4) is 0 Å². The number of carbonyl (C=O) groups is 2. The third kappa shape index (κ3) is 3.63. The molecular weight excluding hydrogens is 419 g/mol. The molecule has 2 aliphatic heterocycles. The number of carbonyl (C=O) groups excluding carboxylic acids is 2. The molecule has 2 amide bonds. The lowest BCUT2D eigenvalue weighted by atomic mass is 9.96. The first-order chi connectivity index (χ1) is 14.3. The summed E-state index contributed by atoms with van der Waals surface area (Å²) in [5.41, 5.74) is 4.19. The number of imide groups is 1. The molecule has 30 heavy (non-hydrogen) atoms. The van der Waals surface area contributed by atoms with E-state index in [4.69, 9.17) is 23.2 Å². The summed E-state index contributed by atoms with van der Waals surface area (Å²) in [5, 5.41) is 0.733. The van der Waals surface area contributed by atoms with Crippen LogP contribution in [0.15, 0.2) is 42.1 Å². The van der Waals surface area contributed by atoms with Crippen LogP contribution in [0, 0.1) is 19.8 Å². The number of anilines is 1. The van der Waals surface area contributed by atoms with E-state index in [2.05, 4.69) is 11.8 Å². The summed E-state index contributed by atoms with van der Waals surface area (Å²) in [6, 6.07) is 10.7. The summed E-state index contributed by atoms with van der Waals surface area (Å²) in [5.74, 6) is -0.244. The smallest absolute Gasteiger partial charge is 0.282 e. The van der Waals surface area contributed by atoms with E-state index in [1.165, 1.54) is 4.90 Å². The number of halogens is 2. The van der Waals surface area contributed by atoms with Gasteiger partial charge < -0.3 is 4.90 Å². The van der Waals surface area contributed by atoms with Gasteiger partial charge in [0.15, 0.2) is 0 Å². The van der Waals surface area contributed by atoms with E-state index in [-0.39, 0.29) is 11.8 Å². The average molecular weight is 443 g/mol. The van der Waals surface area contributed by atoms with E-state index in [9.17, 15) is 9.59 Å². The van der Waals surface area contributed by atoms with Crippen molar-refractivity contribution in [2.45, 2.75) is 33.6 Å². The van der Waals surface area contributed by atoms with E-state index < -0.39 is 0 Å². The van der Waals surface area contributed by atoms with Crippen LogP contribution in [0.25, 0.3) is 5.57 Å². The molecular formula is C24H24Cl2N2O2.